The molecule has 8 nitrogen and oxygen atoms in total. The predicted octanol–water partition coefficient (Wildman–Crippen LogP) is 4.50. The van der Waals surface area contributed by atoms with E-state index in [-0.39, 0.29) is 23.5 Å². The summed E-state index contributed by atoms with van der Waals surface area (Å²) >= 11 is 3.51. The number of anilines is 1. The van der Waals surface area contributed by atoms with E-state index in [9.17, 15) is 18.3 Å². The van der Waals surface area contributed by atoms with Gasteiger partial charge in [0.05, 0.1) is 36.6 Å². The third kappa shape index (κ3) is 5.02. The summed E-state index contributed by atoms with van der Waals surface area (Å²) in [4.78, 5) is 12.4. The lowest BCUT2D eigenvalue weighted by Gasteiger charge is -2.21. The second kappa shape index (κ2) is 9.50. The molecule has 1 aliphatic carbocycles. The number of ether oxygens (including phenoxy) is 2. The van der Waals surface area contributed by atoms with Gasteiger partial charge in [-0.1, -0.05) is 22.0 Å². The molecular weight excluding hydrogens is 524 g/mol. The van der Waals surface area contributed by atoms with Crippen LogP contribution < -0.4 is 14.8 Å². The quantitative estimate of drug-likeness (QED) is 0.406. The predicted molar refractivity (Wildman–Crippen MR) is 135 cm³/mol. The van der Waals surface area contributed by atoms with Gasteiger partial charge in [0.25, 0.3) is 0 Å². The number of hydrogen-bond acceptors (Lipinski definition) is 6. The fourth-order valence-corrected chi connectivity index (χ4v) is 5.36. The molecule has 0 radical (unpaired) electrons. The number of fused-ring (bicyclic) bond motifs is 1. The Morgan fingerprint density at radius 1 is 1.26 bits per heavy atom. The zero-order valence-electron chi connectivity index (χ0n) is 19.2. The largest absolute Gasteiger partial charge is 0.494 e. The van der Waals surface area contributed by atoms with Crippen LogP contribution in [0.2, 0.25) is 0 Å². The molecule has 2 N–H and O–H groups in total. The average molecular weight is 551 g/mol. The molecule has 0 bridgehead atoms. The van der Waals surface area contributed by atoms with Crippen molar-refractivity contribution in [3.05, 3.63) is 46.6 Å². The molecule has 0 saturated heterocycles. The Labute approximate surface area is 206 Å². The summed E-state index contributed by atoms with van der Waals surface area (Å²) in [6.45, 7) is 2.26. The van der Waals surface area contributed by atoms with Crippen molar-refractivity contribution in [2.45, 2.75) is 25.8 Å². The van der Waals surface area contributed by atoms with Crippen LogP contribution >= 0.6 is 15.9 Å². The number of rotatable bonds is 9. The van der Waals surface area contributed by atoms with Gasteiger partial charge in [0, 0.05) is 28.2 Å². The van der Waals surface area contributed by atoms with Crippen molar-refractivity contribution in [3.8, 4) is 17.4 Å². The number of carbonyl (C=O) groups excluding carboxylic acids is 1. The molecule has 1 atom stereocenters. The van der Waals surface area contributed by atoms with Gasteiger partial charge < -0.3 is 24.5 Å². The van der Waals surface area contributed by atoms with Crippen molar-refractivity contribution in [1.29, 1.82) is 0 Å². The third-order valence-corrected chi connectivity index (χ3v) is 7.42. The molecule has 1 heterocycles. The summed E-state index contributed by atoms with van der Waals surface area (Å²) in [5, 5.41) is 15.3. The van der Waals surface area contributed by atoms with Crippen molar-refractivity contribution < 1.29 is 27.8 Å². The molecule has 182 valence electrons. The summed E-state index contributed by atoms with van der Waals surface area (Å²) in [6, 6.07) is 7.97. The Kier molecular flexibility index (Phi) is 6.82. The number of aromatic nitrogens is 1. The molecule has 1 fully saturated rings. The molecule has 2 aromatic carbocycles. The number of nitrogens with one attached hydrogen (secondary N) is 1. The van der Waals surface area contributed by atoms with Gasteiger partial charge >= 0.3 is 0 Å². The molecule has 3 aromatic rings. The SMILES string of the molecule is CCOc1cc([C@@H](CS(C)(=O)=O)n2cc3c(Br)ccc(NC(=O)C4CC4)c3c2O)ccc1OC. The molecule has 1 aromatic heterocycles. The summed E-state index contributed by atoms with van der Waals surface area (Å²) in [5.41, 5.74) is 1.11. The highest BCUT2D eigenvalue weighted by Gasteiger charge is 2.31. The first-order valence-corrected chi connectivity index (χ1v) is 13.8. The van der Waals surface area contributed by atoms with E-state index < -0.39 is 15.9 Å². The van der Waals surface area contributed by atoms with Crippen LogP contribution in [0.3, 0.4) is 0 Å². The van der Waals surface area contributed by atoms with Crippen molar-refractivity contribution in [3.63, 3.8) is 0 Å². The van der Waals surface area contributed by atoms with Crippen LogP contribution in [-0.2, 0) is 14.6 Å². The lowest BCUT2D eigenvalue weighted by atomic mass is 10.1. The Balaban J connectivity index is 1.87. The molecule has 0 spiro atoms. The normalized spacial score (nSPS) is 14.7. The maximum Gasteiger partial charge on any atom is 0.227 e. The number of amides is 1. The zero-order valence-corrected chi connectivity index (χ0v) is 21.6. The Morgan fingerprint density at radius 2 is 2.00 bits per heavy atom. The fraction of sp³-hybridized carbons (Fsp3) is 0.375. The van der Waals surface area contributed by atoms with E-state index in [1.807, 2.05) is 6.92 Å². The minimum atomic E-state index is -3.44. The van der Waals surface area contributed by atoms with Gasteiger partial charge in [0.1, 0.15) is 9.84 Å². The highest BCUT2D eigenvalue weighted by atomic mass is 79.9. The third-order valence-electron chi connectivity index (χ3n) is 5.80. The van der Waals surface area contributed by atoms with E-state index in [0.717, 1.165) is 19.1 Å². The van der Waals surface area contributed by atoms with E-state index in [4.69, 9.17) is 9.47 Å². The van der Waals surface area contributed by atoms with Gasteiger partial charge in [-0.3, -0.25) is 4.79 Å². The van der Waals surface area contributed by atoms with Gasteiger partial charge in [-0.25, -0.2) is 8.42 Å². The Morgan fingerprint density at radius 3 is 2.62 bits per heavy atom. The number of nitrogens with zero attached hydrogens (tertiary/aromatic N) is 1. The summed E-state index contributed by atoms with van der Waals surface area (Å²) in [7, 11) is -1.91. The summed E-state index contributed by atoms with van der Waals surface area (Å²) in [5.74, 6) is 0.539. The van der Waals surface area contributed by atoms with Crippen LogP contribution in [0.1, 0.15) is 31.4 Å². The monoisotopic (exact) mass is 550 g/mol. The zero-order chi connectivity index (χ0) is 24.6. The standard InChI is InChI=1S/C24H27BrN2O6S/c1-4-33-21-11-15(7-10-20(21)32-2)19(13-34(3,30)31)27-12-16-17(25)8-9-18(22(16)24(27)29)26-23(28)14-5-6-14/h7-12,14,19,29H,4-6,13H2,1-3H3,(H,26,28)/t19-/m1/s1. The number of sulfone groups is 1. The van der Waals surface area contributed by atoms with Gasteiger partial charge in [-0.05, 0) is 49.6 Å². The average Bonchev–Trinajstić information content (AvgIpc) is 3.57. The maximum atomic E-state index is 12.4. The van der Waals surface area contributed by atoms with E-state index >= 15 is 0 Å². The molecule has 1 saturated carbocycles. The number of methoxy groups -OCH3 is 1. The highest BCUT2D eigenvalue weighted by molar-refractivity contribution is 9.10. The van der Waals surface area contributed by atoms with E-state index in [0.29, 0.717) is 44.6 Å². The Bertz CT molecular complexity index is 1350. The van der Waals surface area contributed by atoms with Crippen LogP contribution in [0.4, 0.5) is 5.69 Å². The first-order chi connectivity index (χ1) is 16.1. The second-order valence-corrected chi connectivity index (χ2v) is 11.5. The fourth-order valence-electron chi connectivity index (χ4n) is 4.01. The number of carbonyl (C=O) groups is 1. The number of halogens is 1. The first-order valence-electron chi connectivity index (χ1n) is 10.9. The number of benzene rings is 2. The van der Waals surface area contributed by atoms with Crippen molar-refractivity contribution in [2.75, 3.05) is 31.0 Å². The van der Waals surface area contributed by atoms with Crippen LogP contribution in [0.5, 0.6) is 17.4 Å². The van der Waals surface area contributed by atoms with E-state index in [1.54, 1.807) is 36.5 Å². The summed E-state index contributed by atoms with van der Waals surface area (Å²) in [6.07, 6.45) is 4.57. The van der Waals surface area contributed by atoms with Crippen LogP contribution in [0.25, 0.3) is 10.8 Å². The van der Waals surface area contributed by atoms with Crippen molar-refractivity contribution in [2.24, 2.45) is 5.92 Å². The van der Waals surface area contributed by atoms with E-state index in [1.165, 1.54) is 11.7 Å². The van der Waals surface area contributed by atoms with Gasteiger partial charge in [0.2, 0.25) is 11.8 Å². The lowest BCUT2D eigenvalue weighted by molar-refractivity contribution is -0.117. The first kappa shape index (κ1) is 24.4. The van der Waals surface area contributed by atoms with Crippen LogP contribution in [0.15, 0.2) is 41.0 Å². The number of hydrogen-bond donors (Lipinski definition) is 2. The lowest BCUT2D eigenvalue weighted by Crippen LogP contribution is -2.20. The highest BCUT2D eigenvalue weighted by Crippen LogP contribution is 2.42. The molecule has 10 heteroatoms. The molecule has 1 amide bonds. The molecule has 34 heavy (non-hydrogen) atoms. The minimum absolute atomic E-state index is 0.00260. The van der Waals surface area contributed by atoms with Gasteiger partial charge in [0.15, 0.2) is 11.5 Å². The minimum Gasteiger partial charge on any atom is -0.494 e. The molecule has 0 aliphatic heterocycles. The van der Waals surface area contributed by atoms with Crippen molar-refractivity contribution >= 4 is 48.1 Å². The van der Waals surface area contributed by atoms with E-state index in [2.05, 4.69) is 21.2 Å². The topological polar surface area (TPSA) is 107 Å². The van der Waals surface area contributed by atoms with Crippen LogP contribution in [0, 0.1) is 5.92 Å². The number of aromatic hydroxyl groups is 1. The maximum absolute atomic E-state index is 12.4. The molecule has 0 unspecified atom stereocenters. The van der Waals surface area contributed by atoms with Gasteiger partial charge in [-0.15, -0.1) is 0 Å². The van der Waals surface area contributed by atoms with Crippen molar-refractivity contribution in [1.82, 2.24) is 4.57 Å². The molecular formula is C24H27BrN2O6S. The second-order valence-electron chi connectivity index (χ2n) is 8.46. The molecule has 1 aliphatic rings. The Hall–Kier alpha value is -2.72. The smallest absolute Gasteiger partial charge is 0.227 e. The van der Waals surface area contributed by atoms with Crippen LogP contribution in [-0.4, -0.2) is 49.7 Å². The molecule has 4 rings (SSSR count). The summed E-state index contributed by atoms with van der Waals surface area (Å²) < 4.78 is 38.1. The van der Waals surface area contributed by atoms with Gasteiger partial charge in [-0.2, -0.15) is 0 Å².